The van der Waals surface area contributed by atoms with Crippen LogP contribution in [0.5, 0.6) is 0 Å². The van der Waals surface area contributed by atoms with Gasteiger partial charge in [-0.2, -0.15) is 5.10 Å². The van der Waals surface area contributed by atoms with E-state index in [9.17, 15) is 4.79 Å². The number of halogens is 1. The van der Waals surface area contributed by atoms with Crippen molar-refractivity contribution in [2.24, 2.45) is 0 Å². The van der Waals surface area contributed by atoms with Gasteiger partial charge in [0.05, 0.1) is 17.9 Å². The Balaban J connectivity index is 2.10. The summed E-state index contributed by atoms with van der Waals surface area (Å²) < 4.78 is 1.74. The summed E-state index contributed by atoms with van der Waals surface area (Å²) in [6, 6.07) is 19.5. The zero-order valence-corrected chi connectivity index (χ0v) is 12.9. The molecule has 0 amide bonds. The van der Waals surface area contributed by atoms with Gasteiger partial charge in [-0.1, -0.05) is 54.1 Å². The third kappa shape index (κ3) is 3.10. The second-order valence-corrected chi connectivity index (χ2v) is 5.59. The summed E-state index contributed by atoms with van der Waals surface area (Å²) in [6.45, 7) is 1.82. The normalized spacial score (nSPS) is 10.6. The summed E-state index contributed by atoms with van der Waals surface area (Å²) >= 11 is 6.05. The van der Waals surface area contributed by atoms with Crippen LogP contribution in [0, 0.1) is 0 Å². The number of hydrogen-bond acceptors (Lipinski definition) is 2. The molecule has 0 aliphatic rings. The molecule has 0 aliphatic carbocycles. The van der Waals surface area contributed by atoms with Gasteiger partial charge in [0, 0.05) is 10.6 Å². The van der Waals surface area contributed by atoms with Crippen molar-refractivity contribution in [1.82, 2.24) is 9.78 Å². The first-order valence-electron chi connectivity index (χ1n) is 7.02. The molecule has 3 rings (SSSR count). The molecule has 4 heteroatoms. The fraction of sp³-hybridized carbons (Fsp3) is 0.111. The third-order valence-electron chi connectivity index (χ3n) is 3.34. The van der Waals surface area contributed by atoms with Gasteiger partial charge in [0.2, 0.25) is 0 Å². The van der Waals surface area contributed by atoms with Gasteiger partial charge in [0.15, 0.2) is 5.78 Å². The van der Waals surface area contributed by atoms with Crippen molar-refractivity contribution in [3.63, 3.8) is 0 Å². The molecule has 0 atom stereocenters. The quantitative estimate of drug-likeness (QED) is 0.713. The Bertz CT molecular complexity index is 809. The molecule has 22 heavy (non-hydrogen) atoms. The zero-order chi connectivity index (χ0) is 15.5. The molecular weight excluding hydrogens is 296 g/mol. The number of carbonyl (C=O) groups excluding carboxylic acids is 1. The lowest BCUT2D eigenvalue weighted by Gasteiger charge is -2.04. The Morgan fingerprint density at radius 2 is 1.77 bits per heavy atom. The van der Waals surface area contributed by atoms with Crippen LogP contribution < -0.4 is 0 Å². The van der Waals surface area contributed by atoms with Crippen LogP contribution in [0.25, 0.3) is 22.5 Å². The molecule has 0 aliphatic heterocycles. The van der Waals surface area contributed by atoms with Gasteiger partial charge in [-0.05, 0) is 30.7 Å². The molecule has 1 heterocycles. The van der Waals surface area contributed by atoms with Gasteiger partial charge in [-0.3, -0.25) is 9.48 Å². The third-order valence-corrected chi connectivity index (χ3v) is 3.58. The van der Waals surface area contributed by atoms with Crippen molar-refractivity contribution in [2.75, 3.05) is 0 Å². The van der Waals surface area contributed by atoms with Crippen LogP contribution in [0.3, 0.4) is 0 Å². The minimum Gasteiger partial charge on any atom is -0.298 e. The van der Waals surface area contributed by atoms with Crippen LogP contribution in [0.15, 0.2) is 60.7 Å². The van der Waals surface area contributed by atoms with Crippen LogP contribution in [-0.4, -0.2) is 15.6 Å². The topological polar surface area (TPSA) is 34.9 Å². The maximum Gasteiger partial charge on any atom is 0.151 e. The van der Waals surface area contributed by atoms with Gasteiger partial charge in [-0.15, -0.1) is 0 Å². The number of carbonyl (C=O) groups is 1. The Morgan fingerprint density at radius 1 is 1.05 bits per heavy atom. The van der Waals surface area contributed by atoms with Crippen LogP contribution in [0.2, 0.25) is 5.02 Å². The number of aromatic nitrogens is 2. The highest BCUT2D eigenvalue weighted by atomic mass is 35.5. The smallest absolute Gasteiger partial charge is 0.151 e. The summed E-state index contributed by atoms with van der Waals surface area (Å²) in [6.07, 6.45) is 0. The predicted molar refractivity (Wildman–Crippen MR) is 88.8 cm³/mol. The summed E-state index contributed by atoms with van der Waals surface area (Å²) in [5.74, 6) is 0.0675. The first-order chi connectivity index (χ1) is 10.6. The van der Waals surface area contributed by atoms with Crippen LogP contribution in [0.1, 0.15) is 6.92 Å². The molecule has 110 valence electrons. The van der Waals surface area contributed by atoms with Crippen molar-refractivity contribution in [3.05, 3.63) is 65.7 Å². The standard InChI is InChI=1S/C18H15ClN2O/c1-13(22)12-21-18(14-6-3-2-4-7-14)11-17(20-21)15-8-5-9-16(19)10-15/h2-11H,12H2,1H3. The molecule has 0 spiro atoms. The van der Waals surface area contributed by atoms with Gasteiger partial charge in [0.25, 0.3) is 0 Å². The Kier molecular flexibility index (Phi) is 4.07. The fourth-order valence-corrected chi connectivity index (χ4v) is 2.57. The van der Waals surface area contributed by atoms with Crippen molar-refractivity contribution < 1.29 is 4.79 Å². The minimum atomic E-state index is 0.0675. The second-order valence-electron chi connectivity index (χ2n) is 5.15. The molecule has 1 aromatic heterocycles. The summed E-state index contributed by atoms with van der Waals surface area (Å²) in [4.78, 5) is 11.5. The number of ketones is 1. The summed E-state index contributed by atoms with van der Waals surface area (Å²) in [5, 5.41) is 5.24. The maximum absolute atomic E-state index is 11.5. The molecule has 0 N–H and O–H groups in total. The van der Waals surface area contributed by atoms with Gasteiger partial charge in [-0.25, -0.2) is 0 Å². The number of nitrogens with zero attached hydrogens (tertiary/aromatic N) is 2. The lowest BCUT2D eigenvalue weighted by molar-refractivity contribution is -0.117. The second kappa shape index (κ2) is 6.16. The van der Waals surface area contributed by atoms with E-state index in [1.807, 2.05) is 60.7 Å². The maximum atomic E-state index is 11.5. The molecule has 3 aromatic rings. The Labute approximate surface area is 134 Å². The highest BCUT2D eigenvalue weighted by Crippen LogP contribution is 2.27. The predicted octanol–water partition coefficient (Wildman–Crippen LogP) is 4.46. The number of Topliss-reactive ketones (excluding diaryl/α,β-unsaturated/α-hetero) is 1. The minimum absolute atomic E-state index is 0.0675. The monoisotopic (exact) mass is 310 g/mol. The zero-order valence-electron chi connectivity index (χ0n) is 12.2. The largest absolute Gasteiger partial charge is 0.298 e. The molecule has 0 saturated heterocycles. The van der Waals surface area contributed by atoms with E-state index < -0.39 is 0 Å². The van der Waals surface area contributed by atoms with Crippen molar-refractivity contribution in [2.45, 2.75) is 13.5 Å². The summed E-state index contributed by atoms with van der Waals surface area (Å²) in [5.41, 5.74) is 3.70. The lowest BCUT2D eigenvalue weighted by atomic mass is 10.1. The van der Waals surface area contributed by atoms with Gasteiger partial charge < -0.3 is 0 Å². The average Bonchev–Trinajstić information content (AvgIpc) is 2.91. The van der Waals surface area contributed by atoms with E-state index in [1.54, 1.807) is 11.6 Å². The van der Waals surface area contributed by atoms with E-state index in [4.69, 9.17) is 11.6 Å². The molecule has 3 nitrogen and oxygen atoms in total. The number of hydrogen-bond donors (Lipinski definition) is 0. The lowest BCUT2D eigenvalue weighted by Crippen LogP contribution is -2.09. The van der Waals surface area contributed by atoms with E-state index in [2.05, 4.69) is 5.10 Å². The SMILES string of the molecule is CC(=O)Cn1nc(-c2cccc(Cl)c2)cc1-c1ccccc1. The van der Waals surface area contributed by atoms with Crippen LogP contribution in [-0.2, 0) is 11.3 Å². The highest BCUT2D eigenvalue weighted by Gasteiger charge is 2.12. The Hall–Kier alpha value is -2.39. The van der Waals surface area contributed by atoms with Crippen molar-refractivity contribution in [1.29, 1.82) is 0 Å². The average molecular weight is 311 g/mol. The van der Waals surface area contributed by atoms with Gasteiger partial charge >= 0.3 is 0 Å². The number of benzene rings is 2. The number of rotatable bonds is 4. The van der Waals surface area contributed by atoms with E-state index in [-0.39, 0.29) is 12.3 Å². The Morgan fingerprint density at radius 3 is 2.45 bits per heavy atom. The molecule has 0 saturated carbocycles. The molecule has 0 bridgehead atoms. The molecular formula is C18H15ClN2O. The molecule has 0 fully saturated rings. The molecule has 0 unspecified atom stereocenters. The fourth-order valence-electron chi connectivity index (χ4n) is 2.38. The molecule has 0 radical (unpaired) electrons. The van der Waals surface area contributed by atoms with Crippen LogP contribution in [0.4, 0.5) is 0 Å². The van der Waals surface area contributed by atoms with Crippen LogP contribution >= 0.6 is 11.6 Å². The highest BCUT2D eigenvalue weighted by molar-refractivity contribution is 6.30. The first kappa shape index (κ1) is 14.5. The van der Waals surface area contributed by atoms with E-state index in [0.29, 0.717) is 5.02 Å². The van der Waals surface area contributed by atoms with Crippen molar-refractivity contribution >= 4 is 17.4 Å². The van der Waals surface area contributed by atoms with E-state index >= 15 is 0 Å². The first-order valence-corrected chi connectivity index (χ1v) is 7.40. The van der Waals surface area contributed by atoms with Gasteiger partial charge in [0.1, 0.15) is 0 Å². The summed E-state index contributed by atoms with van der Waals surface area (Å²) in [7, 11) is 0. The van der Waals surface area contributed by atoms with Crippen molar-refractivity contribution in [3.8, 4) is 22.5 Å². The van der Waals surface area contributed by atoms with E-state index in [0.717, 1.165) is 22.5 Å². The van der Waals surface area contributed by atoms with E-state index in [1.165, 1.54) is 0 Å². The molecule has 2 aromatic carbocycles.